The number of ketones is 1. The molecule has 0 radical (unpaired) electrons. The molecule has 0 spiro atoms. The Morgan fingerprint density at radius 1 is 0.897 bits per heavy atom. The molecule has 0 fully saturated rings. The third kappa shape index (κ3) is 5.57. The second kappa shape index (κ2) is 10.6. The van der Waals surface area contributed by atoms with Crippen LogP contribution in [-0.2, 0) is 0 Å². The van der Waals surface area contributed by atoms with Crippen LogP contribution in [0.15, 0.2) is 42.5 Å². The normalized spacial score (nSPS) is 10.8. The molecule has 0 aromatic heterocycles. The molecule has 6 heteroatoms. The molecule has 6 nitrogen and oxygen atoms in total. The van der Waals surface area contributed by atoms with Gasteiger partial charge in [0.15, 0.2) is 5.78 Å². The maximum atomic E-state index is 12.8. The number of Topliss-reactive ketones (excluding diaryl/α,β-unsaturated/α-hetero) is 1. The number of rotatable bonds is 10. The lowest BCUT2D eigenvalue weighted by molar-refractivity contribution is 0.0772. The Kier molecular flexibility index (Phi) is 8.21. The number of hydrogen-bond acceptors (Lipinski definition) is 5. The molecular formula is C23H31N3O3. The molecule has 0 heterocycles. The molecule has 1 amide bonds. The predicted molar refractivity (Wildman–Crippen MR) is 117 cm³/mol. The van der Waals surface area contributed by atoms with Crippen molar-refractivity contribution in [3.05, 3.63) is 53.6 Å². The number of hydrogen-bond donors (Lipinski definition) is 2. The van der Waals surface area contributed by atoms with E-state index in [0.29, 0.717) is 24.3 Å². The highest BCUT2D eigenvalue weighted by Gasteiger charge is 2.19. The summed E-state index contributed by atoms with van der Waals surface area (Å²) in [5, 5.41) is 13.5. The molecule has 2 N–H and O–H groups in total. The largest absolute Gasteiger partial charge is 0.507 e. The van der Waals surface area contributed by atoms with Crippen LogP contribution in [0, 0.1) is 0 Å². The molecule has 0 unspecified atom stereocenters. The summed E-state index contributed by atoms with van der Waals surface area (Å²) in [5.41, 5.74) is 2.18. The van der Waals surface area contributed by atoms with Crippen LogP contribution >= 0.6 is 0 Å². The zero-order valence-electron chi connectivity index (χ0n) is 17.7. The van der Waals surface area contributed by atoms with Crippen molar-refractivity contribution in [1.82, 2.24) is 9.80 Å². The molecule has 0 bridgehead atoms. The molecule has 0 aliphatic rings. The van der Waals surface area contributed by atoms with E-state index in [2.05, 4.69) is 5.32 Å². The SMILES string of the molecule is CCN(CC)CC(=O)c1c(O)cccc1Nc1ccc(C(=O)N(CC)CC)cc1. The van der Waals surface area contributed by atoms with Crippen molar-refractivity contribution in [1.29, 1.82) is 0 Å². The summed E-state index contributed by atoms with van der Waals surface area (Å²) >= 11 is 0. The average molecular weight is 398 g/mol. The average Bonchev–Trinajstić information content (AvgIpc) is 2.73. The molecule has 0 saturated heterocycles. The molecule has 2 aromatic rings. The van der Waals surface area contributed by atoms with E-state index in [1.807, 2.05) is 32.6 Å². The van der Waals surface area contributed by atoms with E-state index < -0.39 is 0 Å². The number of anilines is 2. The van der Waals surface area contributed by atoms with Gasteiger partial charge in [-0.15, -0.1) is 0 Å². The fourth-order valence-electron chi connectivity index (χ4n) is 3.21. The van der Waals surface area contributed by atoms with Crippen molar-refractivity contribution in [3.63, 3.8) is 0 Å². The highest BCUT2D eigenvalue weighted by molar-refractivity contribution is 6.05. The van der Waals surface area contributed by atoms with Crippen molar-refractivity contribution in [3.8, 4) is 5.75 Å². The third-order valence-corrected chi connectivity index (χ3v) is 5.04. The minimum Gasteiger partial charge on any atom is -0.507 e. The van der Waals surface area contributed by atoms with Crippen LogP contribution in [0.25, 0.3) is 0 Å². The predicted octanol–water partition coefficient (Wildman–Crippen LogP) is 4.14. The second-order valence-electron chi connectivity index (χ2n) is 6.76. The van der Waals surface area contributed by atoms with Gasteiger partial charge >= 0.3 is 0 Å². The van der Waals surface area contributed by atoms with Gasteiger partial charge < -0.3 is 15.3 Å². The van der Waals surface area contributed by atoms with E-state index in [-0.39, 0.29) is 29.5 Å². The molecule has 156 valence electrons. The highest BCUT2D eigenvalue weighted by atomic mass is 16.3. The lowest BCUT2D eigenvalue weighted by Crippen LogP contribution is -2.30. The summed E-state index contributed by atoms with van der Waals surface area (Å²) in [6.45, 7) is 11.0. The lowest BCUT2D eigenvalue weighted by atomic mass is 10.1. The molecule has 0 atom stereocenters. The summed E-state index contributed by atoms with van der Waals surface area (Å²) in [4.78, 5) is 29.0. The van der Waals surface area contributed by atoms with Gasteiger partial charge in [-0.3, -0.25) is 14.5 Å². The van der Waals surface area contributed by atoms with Crippen LogP contribution in [0.3, 0.4) is 0 Å². The Morgan fingerprint density at radius 2 is 1.52 bits per heavy atom. The van der Waals surface area contributed by atoms with Gasteiger partial charge in [-0.05, 0) is 63.3 Å². The Balaban J connectivity index is 2.23. The number of carbonyl (C=O) groups excluding carboxylic acids is 2. The molecule has 2 rings (SSSR count). The smallest absolute Gasteiger partial charge is 0.253 e. The second-order valence-corrected chi connectivity index (χ2v) is 6.76. The number of aromatic hydroxyl groups is 1. The number of phenols is 1. The number of benzene rings is 2. The minimum atomic E-state index is -0.136. The van der Waals surface area contributed by atoms with Gasteiger partial charge in [0.1, 0.15) is 5.75 Å². The van der Waals surface area contributed by atoms with Gasteiger partial charge in [0.2, 0.25) is 0 Å². The number of phenolic OH excluding ortho intramolecular Hbond substituents is 1. The first-order chi connectivity index (χ1) is 13.9. The molecule has 2 aromatic carbocycles. The summed E-state index contributed by atoms with van der Waals surface area (Å²) in [6, 6.07) is 12.1. The summed E-state index contributed by atoms with van der Waals surface area (Å²) in [5.74, 6) is -0.183. The maximum Gasteiger partial charge on any atom is 0.253 e. The van der Waals surface area contributed by atoms with Crippen molar-refractivity contribution >= 4 is 23.1 Å². The minimum absolute atomic E-state index is 0.00556. The van der Waals surface area contributed by atoms with Gasteiger partial charge in [0.25, 0.3) is 5.91 Å². The van der Waals surface area contributed by atoms with E-state index in [4.69, 9.17) is 0 Å². The van der Waals surface area contributed by atoms with Crippen molar-refractivity contribution < 1.29 is 14.7 Å². The Hall–Kier alpha value is -2.86. The van der Waals surface area contributed by atoms with Gasteiger partial charge in [0.05, 0.1) is 17.8 Å². The van der Waals surface area contributed by atoms with Gasteiger partial charge in [0, 0.05) is 24.3 Å². The maximum absolute atomic E-state index is 12.8. The lowest BCUT2D eigenvalue weighted by Gasteiger charge is -2.20. The van der Waals surface area contributed by atoms with Gasteiger partial charge in [-0.25, -0.2) is 0 Å². The van der Waals surface area contributed by atoms with Gasteiger partial charge in [-0.1, -0.05) is 19.9 Å². The van der Waals surface area contributed by atoms with Crippen LogP contribution in [0.2, 0.25) is 0 Å². The first-order valence-corrected chi connectivity index (χ1v) is 10.2. The number of nitrogens with zero attached hydrogens (tertiary/aromatic N) is 2. The summed E-state index contributed by atoms with van der Waals surface area (Å²) in [6.07, 6.45) is 0. The van der Waals surface area contributed by atoms with Crippen molar-refractivity contribution in [2.24, 2.45) is 0 Å². The molecule has 29 heavy (non-hydrogen) atoms. The van der Waals surface area contributed by atoms with Crippen LogP contribution in [-0.4, -0.2) is 59.3 Å². The zero-order valence-corrected chi connectivity index (χ0v) is 17.7. The topological polar surface area (TPSA) is 72.9 Å². The molecule has 0 aliphatic heterocycles. The summed E-state index contributed by atoms with van der Waals surface area (Å²) < 4.78 is 0. The van der Waals surface area contributed by atoms with Crippen molar-refractivity contribution in [2.45, 2.75) is 27.7 Å². The van der Waals surface area contributed by atoms with Crippen LogP contribution in [0.1, 0.15) is 48.4 Å². The third-order valence-electron chi connectivity index (χ3n) is 5.04. The van der Waals surface area contributed by atoms with Crippen LogP contribution < -0.4 is 5.32 Å². The molecule has 0 aliphatic carbocycles. The zero-order chi connectivity index (χ0) is 21.4. The van der Waals surface area contributed by atoms with E-state index in [9.17, 15) is 14.7 Å². The molecular weight excluding hydrogens is 366 g/mol. The number of carbonyl (C=O) groups is 2. The van der Waals surface area contributed by atoms with Crippen LogP contribution in [0.4, 0.5) is 11.4 Å². The summed E-state index contributed by atoms with van der Waals surface area (Å²) in [7, 11) is 0. The number of amides is 1. The Bertz CT molecular complexity index is 826. The Labute approximate surface area is 173 Å². The highest BCUT2D eigenvalue weighted by Crippen LogP contribution is 2.29. The Morgan fingerprint density at radius 3 is 2.07 bits per heavy atom. The fourth-order valence-corrected chi connectivity index (χ4v) is 3.21. The fraction of sp³-hybridized carbons (Fsp3) is 0.391. The van der Waals surface area contributed by atoms with Gasteiger partial charge in [-0.2, -0.15) is 0 Å². The van der Waals surface area contributed by atoms with Crippen molar-refractivity contribution in [2.75, 3.05) is 38.0 Å². The van der Waals surface area contributed by atoms with E-state index >= 15 is 0 Å². The first kappa shape index (κ1) is 22.4. The van der Waals surface area contributed by atoms with E-state index in [1.165, 1.54) is 6.07 Å². The number of nitrogens with one attached hydrogen (secondary N) is 1. The number of likely N-dealkylation sites (N-methyl/N-ethyl adjacent to an activating group) is 1. The van der Waals surface area contributed by atoms with E-state index in [0.717, 1.165) is 18.8 Å². The quantitative estimate of drug-likeness (QED) is 0.590. The first-order valence-electron chi connectivity index (χ1n) is 10.2. The monoisotopic (exact) mass is 397 g/mol. The standard InChI is InChI=1S/C23H31N3O3/c1-5-25(6-2)16-21(28)22-19(10-9-11-20(22)27)24-18-14-12-17(13-15-18)23(29)26(7-3)8-4/h9-15,24,27H,5-8,16H2,1-4H3. The van der Waals surface area contributed by atoms with Crippen LogP contribution in [0.5, 0.6) is 5.75 Å². The molecule has 0 saturated carbocycles. The van der Waals surface area contributed by atoms with E-state index in [1.54, 1.807) is 41.3 Å².